The van der Waals surface area contributed by atoms with Crippen LogP contribution in [-0.4, -0.2) is 38.3 Å². The molecule has 2 aromatic carbocycles. The maximum atomic E-state index is 11.2. The summed E-state index contributed by atoms with van der Waals surface area (Å²) >= 11 is 0. The molecule has 0 saturated carbocycles. The Morgan fingerprint density at radius 2 is 1.69 bits per heavy atom. The lowest BCUT2D eigenvalue weighted by atomic mass is 9.76. The number of aliphatic hydroxyl groups is 1. The second-order valence-corrected chi connectivity index (χ2v) is 7.59. The van der Waals surface area contributed by atoms with E-state index in [-0.39, 0.29) is 30.1 Å². The molecule has 0 radical (unpaired) electrons. The van der Waals surface area contributed by atoms with Gasteiger partial charge in [0.1, 0.15) is 0 Å². The van der Waals surface area contributed by atoms with Crippen molar-refractivity contribution in [3.8, 4) is 45.6 Å². The molecule has 0 aromatic heterocycles. The van der Waals surface area contributed by atoms with Crippen LogP contribution in [0.2, 0.25) is 0 Å². The Balaban J connectivity index is 2.14. The molecule has 156 valence electrons. The summed E-state index contributed by atoms with van der Waals surface area (Å²) in [6.07, 6.45) is -0.137. The molecule has 3 atom stereocenters. The van der Waals surface area contributed by atoms with E-state index in [1.807, 2.05) is 13.0 Å². The zero-order valence-corrected chi connectivity index (χ0v) is 17.2. The molecule has 0 unspecified atom stereocenters. The van der Waals surface area contributed by atoms with Gasteiger partial charge in [-0.25, -0.2) is 0 Å². The Kier molecular flexibility index (Phi) is 4.86. The van der Waals surface area contributed by atoms with Gasteiger partial charge in [-0.05, 0) is 41.5 Å². The normalized spacial score (nSPS) is 22.2. The number of phenolic OH excluding ortho intramolecular Hbond substituents is 1. The van der Waals surface area contributed by atoms with E-state index in [4.69, 9.17) is 23.7 Å². The molecule has 0 amide bonds. The van der Waals surface area contributed by atoms with Gasteiger partial charge in [-0.15, -0.1) is 0 Å². The van der Waals surface area contributed by atoms with Gasteiger partial charge < -0.3 is 33.9 Å². The van der Waals surface area contributed by atoms with E-state index >= 15 is 0 Å². The predicted molar refractivity (Wildman–Crippen MR) is 106 cm³/mol. The Hall–Kier alpha value is -2.80. The summed E-state index contributed by atoms with van der Waals surface area (Å²) in [6.45, 7) is 4.20. The lowest BCUT2D eigenvalue weighted by Crippen LogP contribution is -2.22. The number of benzene rings is 2. The van der Waals surface area contributed by atoms with E-state index in [0.717, 1.165) is 5.56 Å². The van der Waals surface area contributed by atoms with Crippen LogP contribution in [0.4, 0.5) is 0 Å². The summed E-state index contributed by atoms with van der Waals surface area (Å²) in [5, 5.41) is 22.4. The van der Waals surface area contributed by atoms with Crippen LogP contribution < -0.4 is 23.7 Å². The highest BCUT2D eigenvalue weighted by atomic mass is 16.7. The molecule has 2 aromatic rings. The fourth-order valence-electron chi connectivity index (χ4n) is 4.31. The highest BCUT2D eigenvalue weighted by Crippen LogP contribution is 2.57. The Labute approximate surface area is 169 Å². The third kappa shape index (κ3) is 2.83. The van der Waals surface area contributed by atoms with E-state index in [0.29, 0.717) is 46.1 Å². The Morgan fingerprint density at radius 1 is 0.966 bits per heavy atom. The molecule has 1 heterocycles. The highest BCUT2D eigenvalue weighted by Gasteiger charge is 2.37. The van der Waals surface area contributed by atoms with Crippen LogP contribution in [0.1, 0.15) is 31.1 Å². The molecular formula is C22H26O7. The summed E-state index contributed by atoms with van der Waals surface area (Å²) in [6, 6.07) is 3.65. The van der Waals surface area contributed by atoms with Crippen LogP contribution in [0.5, 0.6) is 34.5 Å². The summed E-state index contributed by atoms with van der Waals surface area (Å²) in [7, 11) is 4.51. The van der Waals surface area contributed by atoms with Crippen molar-refractivity contribution >= 4 is 0 Å². The number of aliphatic hydroxyl groups excluding tert-OH is 1. The molecule has 2 aliphatic rings. The minimum atomic E-state index is -0.811. The van der Waals surface area contributed by atoms with Gasteiger partial charge in [0, 0.05) is 11.1 Å². The molecule has 0 bridgehead atoms. The van der Waals surface area contributed by atoms with Crippen molar-refractivity contribution in [2.75, 3.05) is 28.1 Å². The second kappa shape index (κ2) is 7.22. The number of methoxy groups -OCH3 is 3. The van der Waals surface area contributed by atoms with Crippen LogP contribution in [0.25, 0.3) is 11.1 Å². The van der Waals surface area contributed by atoms with Gasteiger partial charge >= 0.3 is 0 Å². The molecule has 2 N–H and O–H groups in total. The Bertz CT molecular complexity index is 953. The van der Waals surface area contributed by atoms with Crippen molar-refractivity contribution in [1.82, 2.24) is 0 Å². The minimum Gasteiger partial charge on any atom is -0.504 e. The zero-order chi connectivity index (χ0) is 20.9. The van der Waals surface area contributed by atoms with E-state index in [1.54, 1.807) is 13.2 Å². The average molecular weight is 402 g/mol. The van der Waals surface area contributed by atoms with Crippen molar-refractivity contribution in [2.45, 2.75) is 26.4 Å². The topological polar surface area (TPSA) is 86.6 Å². The highest BCUT2D eigenvalue weighted by molar-refractivity contribution is 5.88. The first-order valence-corrected chi connectivity index (χ1v) is 9.58. The van der Waals surface area contributed by atoms with Gasteiger partial charge in [-0.2, -0.15) is 0 Å². The first kappa shape index (κ1) is 19.5. The predicted octanol–water partition coefficient (Wildman–Crippen LogP) is 3.68. The third-order valence-electron chi connectivity index (χ3n) is 6.09. The number of hydrogen-bond acceptors (Lipinski definition) is 7. The quantitative estimate of drug-likeness (QED) is 0.810. The maximum absolute atomic E-state index is 11.2. The summed E-state index contributed by atoms with van der Waals surface area (Å²) in [5.74, 6) is 2.11. The average Bonchev–Trinajstić information content (AvgIpc) is 3.18. The monoisotopic (exact) mass is 402 g/mol. The summed E-state index contributed by atoms with van der Waals surface area (Å²) < 4.78 is 27.8. The second-order valence-electron chi connectivity index (χ2n) is 7.59. The van der Waals surface area contributed by atoms with Crippen LogP contribution in [0.15, 0.2) is 12.1 Å². The fraction of sp³-hybridized carbons (Fsp3) is 0.455. The molecule has 1 aliphatic heterocycles. The molecule has 0 saturated heterocycles. The van der Waals surface area contributed by atoms with E-state index in [2.05, 4.69) is 6.92 Å². The van der Waals surface area contributed by atoms with Gasteiger partial charge in [0.2, 0.25) is 18.3 Å². The molecule has 29 heavy (non-hydrogen) atoms. The van der Waals surface area contributed by atoms with Gasteiger partial charge in [0.15, 0.2) is 23.0 Å². The standard InChI is InChI=1S/C22H26O7/c1-10-6-12-7-15-21(29-9-28-15)22(27-5)16(12)17-13(18(23)11(10)2)8-14(25-3)20(26-4)19(17)24/h7-8,10-11,18,23-24H,6,9H2,1-5H3/t10-,11-,18-/m0/s1. The molecule has 4 rings (SSSR count). The van der Waals surface area contributed by atoms with Gasteiger partial charge in [-0.3, -0.25) is 0 Å². The summed E-state index contributed by atoms with van der Waals surface area (Å²) in [5.41, 5.74) is 2.63. The first-order chi connectivity index (χ1) is 13.9. The Morgan fingerprint density at radius 3 is 2.34 bits per heavy atom. The molecular weight excluding hydrogens is 376 g/mol. The maximum Gasteiger partial charge on any atom is 0.231 e. The number of phenols is 1. The van der Waals surface area contributed by atoms with Crippen molar-refractivity contribution < 1.29 is 33.9 Å². The van der Waals surface area contributed by atoms with Crippen LogP contribution in [0.3, 0.4) is 0 Å². The largest absolute Gasteiger partial charge is 0.504 e. The van der Waals surface area contributed by atoms with E-state index < -0.39 is 6.10 Å². The summed E-state index contributed by atoms with van der Waals surface area (Å²) in [4.78, 5) is 0. The van der Waals surface area contributed by atoms with E-state index in [9.17, 15) is 10.2 Å². The van der Waals surface area contributed by atoms with Crippen molar-refractivity contribution in [3.63, 3.8) is 0 Å². The fourth-order valence-corrected chi connectivity index (χ4v) is 4.31. The third-order valence-corrected chi connectivity index (χ3v) is 6.09. The molecule has 1 aliphatic carbocycles. The van der Waals surface area contributed by atoms with Crippen LogP contribution in [0, 0.1) is 11.8 Å². The molecule has 7 nitrogen and oxygen atoms in total. The smallest absolute Gasteiger partial charge is 0.231 e. The van der Waals surface area contributed by atoms with Gasteiger partial charge in [0.05, 0.1) is 27.4 Å². The van der Waals surface area contributed by atoms with Crippen molar-refractivity contribution in [2.24, 2.45) is 11.8 Å². The first-order valence-electron chi connectivity index (χ1n) is 9.58. The number of ether oxygens (including phenoxy) is 5. The number of hydrogen-bond donors (Lipinski definition) is 2. The van der Waals surface area contributed by atoms with Crippen molar-refractivity contribution in [3.05, 3.63) is 23.3 Å². The van der Waals surface area contributed by atoms with Gasteiger partial charge in [0.25, 0.3) is 0 Å². The molecule has 0 spiro atoms. The molecule has 7 heteroatoms. The van der Waals surface area contributed by atoms with Gasteiger partial charge in [-0.1, -0.05) is 13.8 Å². The zero-order valence-electron chi connectivity index (χ0n) is 17.2. The van der Waals surface area contributed by atoms with Crippen molar-refractivity contribution in [1.29, 1.82) is 0 Å². The van der Waals surface area contributed by atoms with Crippen LogP contribution >= 0.6 is 0 Å². The number of rotatable bonds is 3. The SMILES string of the molecule is COc1cc2c(c(O)c1OC)-c1c(cc3c(c1OC)OCO3)C[C@H](C)[C@H](C)[C@@H]2O. The minimum absolute atomic E-state index is 0.0594. The molecule has 0 fully saturated rings. The number of aromatic hydroxyl groups is 1. The lowest BCUT2D eigenvalue weighted by Gasteiger charge is -2.32. The van der Waals surface area contributed by atoms with E-state index in [1.165, 1.54) is 14.2 Å². The number of fused-ring (bicyclic) bond motifs is 4. The lowest BCUT2D eigenvalue weighted by molar-refractivity contribution is 0.0863. The van der Waals surface area contributed by atoms with Crippen LogP contribution in [-0.2, 0) is 6.42 Å².